The van der Waals surface area contributed by atoms with Crippen LogP contribution in [0, 0.1) is 0 Å². The summed E-state index contributed by atoms with van der Waals surface area (Å²) >= 11 is 0. The largest absolute Gasteiger partial charge is 0.497 e. The summed E-state index contributed by atoms with van der Waals surface area (Å²) in [5, 5.41) is 0. The fourth-order valence-electron chi connectivity index (χ4n) is 3.05. The second-order valence-electron chi connectivity index (χ2n) is 5.76. The van der Waals surface area contributed by atoms with Crippen molar-refractivity contribution in [3.63, 3.8) is 0 Å². The SMILES string of the molecule is COc1ccc2c(c1)/C(=C/c1cc(OC)c(OC)c(OC)c1)C(=O)N2C. The molecule has 26 heavy (non-hydrogen) atoms. The van der Waals surface area contributed by atoms with Gasteiger partial charge in [-0.2, -0.15) is 0 Å². The first-order chi connectivity index (χ1) is 12.5. The van der Waals surface area contributed by atoms with Crippen LogP contribution in [-0.2, 0) is 4.79 Å². The van der Waals surface area contributed by atoms with E-state index < -0.39 is 0 Å². The van der Waals surface area contributed by atoms with E-state index in [1.807, 2.05) is 24.3 Å². The van der Waals surface area contributed by atoms with Gasteiger partial charge in [0.05, 0.1) is 34.1 Å². The zero-order valence-corrected chi connectivity index (χ0v) is 15.5. The molecule has 0 aliphatic carbocycles. The summed E-state index contributed by atoms with van der Waals surface area (Å²) < 4.78 is 21.4. The minimum atomic E-state index is -0.0815. The molecule has 0 unspecified atom stereocenters. The molecule has 0 bridgehead atoms. The molecule has 1 aliphatic heterocycles. The molecule has 0 N–H and O–H groups in total. The molecule has 0 aromatic heterocycles. The van der Waals surface area contributed by atoms with Gasteiger partial charge in [0.25, 0.3) is 5.91 Å². The molecular weight excluding hydrogens is 334 g/mol. The van der Waals surface area contributed by atoms with Gasteiger partial charge in [-0.1, -0.05) is 0 Å². The van der Waals surface area contributed by atoms with Crippen molar-refractivity contribution in [1.29, 1.82) is 0 Å². The number of carbonyl (C=O) groups excluding carboxylic acids is 1. The third kappa shape index (κ3) is 2.83. The average molecular weight is 355 g/mol. The van der Waals surface area contributed by atoms with Crippen LogP contribution >= 0.6 is 0 Å². The highest BCUT2D eigenvalue weighted by molar-refractivity contribution is 6.35. The molecule has 2 aromatic carbocycles. The molecular formula is C20H21NO5. The van der Waals surface area contributed by atoms with Crippen LogP contribution < -0.4 is 23.8 Å². The lowest BCUT2D eigenvalue weighted by atomic mass is 10.0. The van der Waals surface area contributed by atoms with Crippen LogP contribution in [0.5, 0.6) is 23.0 Å². The van der Waals surface area contributed by atoms with Crippen molar-refractivity contribution in [3.05, 3.63) is 41.5 Å². The number of likely N-dealkylation sites (N-methyl/N-ethyl adjacent to an activating group) is 1. The molecule has 0 fully saturated rings. The molecule has 6 nitrogen and oxygen atoms in total. The number of hydrogen-bond acceptors (Lipinski definition) is 5. The second-order valence-corrected chi connectivity index (χ2v) is 5.76. The second kappa shape index (κ2) is 7.00. The van der Waals surface area contributed by atoms with E-state index in [1.165, 1.54) is 0 Å². The Morgan fingerprint density at radius 2 is 1.54 bits per heavy atom. The number of methoxy groups -OCH3 is 4. The summed E-state index contributed by atoms with van der Waals surface area (Å²) in [6.45, 7) is 0. The van der Waals surface area contributed by atoms with Gasteiger partial charge in [0.15, 0.2) is 11.5 Å². The van der Waals surface area contributed by atoms with Gasteiger partial charge in [-0.15, -0.1) is 0 Å². The van der Waals surface area contributed by atoms with E-state index >= 15 is 0 Å². The summed E-state index contributed by atoms with van der Waals surface area (Å²) in [6, 6.07) is 9.19. The van der Waals surface area contributed by atoms with Crippen molar-refractivity contribution in [2.75, 3.05) is 40.4 Å². The number of benzene rings is 2. The Morgan fingerprint density at radius 1 is 0.885 bits per heavy atom. The number of fused-ring (bicyclic) bond motifs is 1. The van der Waals surface area contributed by atoms with Crippen molar-refractivity contribution in [2.24, 2.45) is 0 Å². The quantitative estimate of drug-likeness (QED) is 0.771. The maximum atomic E-state index is 12.7. The minimum Gasteiger partial charge on any atom is -0.497 e. The van der Waals surface area contributed by atoms with E-state index in [-0.39, 0.29) is 5.91 Å². The van der Waals surface area contributed by atoms with Gasteiger partial charge in [0.1, 0.15) is 5.75 Å². The Labute approximate surface area is 152 Å². The molecule has 3 rings (SSSR count). The minimum absolute atomic E-state index is 0.0815. The topological polar surface area (TPSA) is 57.2 Å². The zero-order valence-electron chi connectivity index (χ0n) is 15.5. The molecule has 0 atom stereocenters. The molecule has 0 saturated carbocycles. The monoisotopic (exact) mass is 355 g/mol. The summed E-state index contributed by atoms with van der Waals surface area (Å²) in [7, 11) is 8.02. The molecule has 1 aliphatic rings. The molecule has 0 spiro atoms. The van der Waals surface area contributed by atoms with Crippen LogP contribution in [0.3, 0.4) is 0 Å². The third-order valence-corrected chi connectivity index (χ3v) is 4.39. The Morgan fingerprint density at radius 3 is 2.08 bits per heavy atom. The molecule has 6 heteroatoms. The first-order valence-electron chi connectivity index (χ1n) is 8.02. The summed E-state index contributed by atoms with van der Waals surface area (Å²) in [5.74, 6) is 2.19. The normalized spacial score (nSPS) is 14.4. The van der Waals surface area contributed by atoms with Crippen LogP contribution in [0.4, 0.5) is 5.69 Å². The van der Waals surface area contributed by atoms with Crippen molar-refractivity contribution in [3.8, 4) is 23.0 Å². The highest BCUT2D eigenvalue weighted by Crippen LogP contribution is 2.42. The highest BCUT2D eigenvalue weighted by Gasteiger charge is 2.30. The molecule has 136 valence electrons. The third-order valence-electron chi connectivity index (χ3n) is 4.39. The van der Waals surface area contributed by atoms with E-state index in [0.717, 1.165) is 16.8 Å². The summed E-state index contributed by atoms with van der Waals surface area (Å²) in [4.78, 5) is 14.4. The number of anilines is 1. The van der Waals surface area contributed by atoms with E-state index in [1.54, 1.807) is 52.5 Å². The first-order valence-corrected chi connectivity index (χ1v) is 8.02. The van der Waals surface area contributed by atoms with Crippen LogP contribution in [0.15, 0.2) is 30.3 Å². The number of nitrogens with zero attached hydrogens (tertiary/aromatic N) is 1. The van der Waals surface area contributed by atoms with Crippen molar-refractivity contribution >= 4 is 23.2 Å². The number of rotatable bonds is 5. The molecule has 1 amide bonds. The fraction of sp³-hybridized carbons (Fsp3) is 0.250. The van der Waals surface area contributed by atoms with Crippen molar-refractivity contribution < 1.29 is 23.7 Å². The van der Waals surface area contributed by atoms with E-state index in [2.05, 4.69) is 0 Å². The van der Waals surface area contributed by atoms with Gasteiger partial charge in [0, 0.05) is 18.2 Å². The van der Waals surface area contributed by atoms with E-state index in [9.17, 15) is 4.79 Å². The Balaban J connectivity index is 2.15. The Bertz CT molecular complexity index is 863. The highest BCUT2D eigenvalue weighted by atomic mass is 16.5. The van der Waals surface area contributed by atoms with Crippen molar-refractivity contribution in [2.45, 2.75) is 0 Å². The summed E-state index contributed by atoms with van der Waals surface area (Å²) in [6.07, 6.45) is 1.81. The number of carbonyl (C=O) groups is 1. The number of ether oxygens (including phenoxy) is 4. The number of hydrogen-bond donors (Lipinski definition) is 0. The maximum Gasteiger partial charge on any atom is 0.258 e. The predicted molar refractivity (Wildman–Crippen MR) is 100 cm³/mol. The molecule has 2 aromatic rings. The summed E-state index contributed by atoms with van der Waals surface area (Å²) in [5.41, 5.74) is 3.02. The van der Waals surface area contributed by atoms with Crippen molar-refractivity contribution in [1.82, 2.24) is 0 Å². The van der Waals surface area contributed by atoms with Gasteiger partial charge >= 0.3 is 0 Å². The fourth-order valence-corrected chi connectivity index (χ4v) is 3.05. The van der Waals surface area contributed by atoms with Crippen LogP contribution in [0.1, 0.15) is 11.1 Å². The molecule has 0 radical (unpaired) electrons. The average Bonchev–Trinajstić information content (AvgIpc) is 2.91. The Kier molecular flexibility index (Phi) is 4.75. The lowest BCUT2D eigenvalue weighted by Crippen LogP contribution is -2.20. The van der Waals surface area contributed by atoms with Gasteiger partial charge in [-0.25, -0.2) is 0 Å². The van der Waals surface area contributed by atoms with E-state index in [4.69, 9.17) is 18.9 Å². The smallest absolute Gasteiger partial charge is 0.258 e. The van der Waals surface area contributed by atoms with Crippen LogP contribution in [0.25, 0.3) is 11.6 Å². The zero-order chi connectivity index (χ0) is 18.8. The first kappa shape index (κ1) is 17.7. The lowest BCUT2D eigenvalue weighted by molar-refractivity contribution is -0.112. The predicted octanol–water partition coefficient (Wildman–Crippen LogP) is 3.24. The molecule has 1 heterocycles. The van der Waals surface area contributed by atoms with Gasteiger partial charge in [-0.05, 0) is 42.0 Å². The van der Waals surface area contributed by atoms with Gasteiger partial charge in [-0.3, -0.25) is 4.79 Å². The number of amides is 1. The molecule has 0 saturated heterocycles. The van der Waals surface area contributed by atoms with Gasteiger partial charge in [0.2, 0.25) is 5.75 Å². The standard InChI is InChI=1S/C20H21NO5/c1-21-16-7-6-13(23-2)11-14(16)15(20(21)22)8-12-9-17(24-3)19(26-5)18(10-12)25-4/h6-11H,1-5H3/b15-8-. The van der Waals surface area contributed by atoms with Crippen LogP contribution in [0.2, 0.25) is 0 Å². The van der Waals surface area contributed by atoms with Crippen LogP contribution in [-0.4, -0.2) is 41.4 Å². The lowest BCUT2D eigenvalue weighted by Gasteiger charge is -2.13. The Hall–Kier alpha value is -3.15. The van der Waals surface area contributed by atoms with Gasteiger partial charge < -0.3 is 23.8 Å². The van der Waals surface area contributed by atoms with E-state index in [0.29, 0.717) is 28.6 Å². The maximum absolute atomic E-state index is 12.7.